The number of ether oxygens (including phenoxy) is 1. The minimum absolute atomic E-state index is 0.326. The van der Waals surface area contributed by atoms with Crippen LogP contribution in [0.4, 0.5) is 0 Å². The van der Waals surface area contributed by atoms with Crippen LogP contribution in [0.15, 0.2) is 46.9 Å². The van der Waals surface area contributed by atoms with Gasteiger partial charge in [-0.15, -0.1) is 0 Å². The molecule has 1 unspecified atom stereocenters. The van der Waals surface area contributed by atoms with Crippen molar-refractivity contribution >= 4 is 15.9 Å². The smallest absolute Gasteiger partial charge is 0.130 e. The Morgan fingerprint density at radius 1 is 1.19 bits per heavy atom. The van der Waals surface area contributed by atoms with Crippen molar-refractivity contribution in [3.8, 4) is 11.5 Å². The van der Waals surface area contributed by atoms with E-state index in [1.165, 1.54) is 5.56 Å². The molecule has 0 fully saturated rings. The fourth-order valence-electron chi connectivity index (χ4n) is 2.19. The summed E-state index contributed by atoms with van der Waals surface area (Å²) in [7, 11) is 0. The lowest BCUT2D eigenvalue weighted by Crippen LogP contribution is -2.19. The fourth-order valence-corrected chi connectivity index (χ4v) is 2.89. The van der Waals surface area contributed by atoms with Crippen molar-refractivity contribution in [3.05, 3.63) is 58.1 Å². The zero-order valence-electron chi connectivity index (χ0n) is 12.8. The van der Waals surface area contributed by atoms with Crippen LogP contribution in [0.5, 0.6) is 11.5 Å². The minimum Gasteiger partial charge on any atom is -0.457 e. The summed E-state index contributed by atoms with van der Waals surface area (Å²) in [4.78, 5) is 0. The van der Waals surface area contributed by atoms with E-state index in [0.29, 0.717) is 6.04 Å². The minimum atomic E-state index is 0.326. The first-order valence-corrected chi connectivity index (χ1v) is 8.17. The number of benzene rings is 2. The maximum absolute atomic E-state index is 5.96. The molecule has 0 heterocycles. The molecule has 0 saturated carbocycles. The van der Waals surface area contributed by atoms with Crippen LogP contribution in [0.3, 0.4) is 0 Å². The van der Waals surface area contributed by atoms with Crippen LogP contribution in [-0.2, 0) is 0 Å². The maximum Gasteiger partial charge on any atom is 0.130 e. The number of hydrogen-bond donors (Lipinski definition) is 1. The Balaban J connectivity index is 2.14. The molecule has 0 radical (unpaired) electrons. The molecule has 0 amide bonds. The van der Waals surface area contributed by atoms with Gasteiger partial charge in [-0.2, -0.15) is 0 Å². The van der Waals surface area contributed by atoms with Gasteiger partial charge in [-0.1, -0.05) is 47.1 Å². The predicted octanol–water partition coefficient (Wildman–Crippen LogP) is 5.61. The van der Waals surface area contributed by atoms with E-state index in [1.54, 1.807) is 0 Å². The summed E-state index contributed by atoms with van der Waals surface area (Å²) >= 11 is 3.65. The standard InChI is InChI=1S/C18H22BrNO/c1-4-11-20-14(3)16-10-9-15(12-17(16)19)21-18-8-6-5-7-13(18)2/h5-10,12,14,20H,4,11H2,1-3H3. The molecule has 21 heavy (non-hydrogen) atoms. The van der Waals surface area contributed by atoms with Crippen LogP contribution in [0.2, 0.25) is 0 Å². The summed E-state index contributed by atoms with van der Waals surface area (Å²) in [5, 5.41) is 3.50. The molecule has 0 spiro atoms. The van der Waals surface area contributed by atoms with Crippen molar-refractivity contribution in [2.75, 3.05) is 6.54 Å². The number of rotatable bonds is 6. The molecular weight excluding hydrogens is 326 g/mol. The molecule has 2 aromatic carbocycles. The van der Waals surface area contributed by atoms with Crippen LogP contribution in [-0.4, -0.2) is 6.54 Å². The number of para-hydroxylation sites is 1. The van der Waals surface area contributed by atoms with Gasteiger partial charge in [-0.05, 0) is 56.1 Å². The monoisotopic (exact) mass is 347 g/mol. The second-order valence-corrected chi connectivity index (χ2v) is 6.08. The Morgan fingerprint density at radius 2 is 1.95 bits per heavy atom. The highest BCUT2D eigenvalue weighted by Gasteiger charge is 2.10. The van der Waals surface area contributed by atoms with Crippen molar-refractivity contribution in [2.45, 2.75) is 33.2 Å². The van der Waals surface area contributed by atoms with E-state index in [4.69, 9.17) is 4.74 Å². The highest BCUT2D eigenvalue weighted by Crippen LogP contribution is 2.31. The van der Waals surface area contributed by atoms with E-state index < -0.39 is 0 Å². The topological polar surface area (TPSA) is 21.3 Å². The average molecular weight is 348 g/mol. The molecule has 0 aliphatic carbocycles. The van der Waals surface area contributed by atoms with Gasteiger partial charge in [0.1, 0.15) is 11.5 Å². The average Bonchev–Trinajstić information content (AvgIpc) is 2.47. The first kappa shape index (κ1) is 16.1. The zero-order chi connectivity index (χ0) is 15.2. The van der Waals surface area contributed by atoms with Crippen LogP contribution in [0.25, 0.3) is 0 Å². The maximum atomic E-state index is 5.96. The molecule has 3 heteroatoms. The molecule has 2 aromatic rings. The van der Waals surface area contributed by atoms with Gasteiger partial charge >= 0.3 is 0 Å². The summed E-state index contributed by atoms with van der Waals surface area (Å²) in [6, 6.07) is 14.5. The van der Waals surface area contributed by atoms with Crippen LogP contribution in [0.1, 0.15) is 37.4 Å². The van der Waals surface area contributed by atoms with Gasteiger partial charge in [0, 0.05) is 10.5 Å². The molecule has 0 bridgehead atoms. The van der Waals surface area contributed by atoms with E-state index in [0.717, 1.165) is 34.5 Å². The lowest BCUT2D eigenvalue weighted by atomic mass is 10.1. The number of nitrogens with one attached hydrogen (secondary N) is 1. The van der Waals surface area contributed by atoms with E-state index in [1.807, 2.05) is 30.3 Å². The molecule has 1 atom stereocenters. The van der Waals surface area contributed by atoms with E-state index in [9.17, 15) is 0 Å². The van der Waals surface area contributed by atoms with Gasteiger partial charge in [0.05, 0.1) is 0 Å². The molecule has 2 rings (SSSR count). The van der Waals surface area contributed by atoms with Gasteiger partial charge < -0.3 is 10.1 Å². The quantitative estimate of drug-likeness (QED) is 0.733. The van der Waals surface area contributed by atoms with Crippen LogP contribution in [0, 0.1) is 6.92 Å². The van der Waals surface area contributed by atoms with Gasteiger partial charge in [0.25, 0.3) is 0 Å². The van der Waals surface area contributed by atoms with Crippen molar-refractivity contribution in [1.82, 2.24) is 5.32 Å². The SMILES string of the molecule is CCCNC(C)c1ccc(Oc2ccccc2C)cc1Br. The fraction of sp³-hybridized carbons (Fsp3) is 0.333. The van der Waals surface area contributed by atoms with E-state index in [2.05, 4.69) is 54.2 Å². The molecule has 0 aliphatic heterocycles. The summed E-state index contributed by atoms with van der Waals surface area (Å²) in [5.41, 5.74) is 2.39. The molecular formula is C18H22BrNO. The van der Waals surface area contributed by atoms with Crippen molar-refractivity contribution in [2.24, 2.45) is 0 Å². The van der Waals surface area contributed by atoms with Crippen molar-refractivity contribution in [1.29, 1.82) is 0 Å². The molecule has 2 nitrogen and oxygen atoms in total. The van der Waals surface area contributed by atoms with Crippen LogP contribution >= 0.6 is 15.9 Å². The van der Waals surface area contributed by atoms with Gasteiger partial charge in [0.2, 0.25) is 0 Å². The Morgan fingerprint density at radius 3 is 2.62 bits per heavy atom. The second kappa shape index (κ2) is 7.62. The largest absolute Gasteiger partial charge is 0.457 e. The highest BCUT2D eigenvalue weighted by atomic mass is 79.9. The molecule has 1 N–H and O–H groups in total. The van der Waals surface area contributed by atoms with E-state index in [-0.39, 0.29) is 0 Å². The molecule has 0 aromatic heterocycles. The second-order valence-electron chi connectivity index (χ2n) is 5.23. The first-order chi connectivity index (χ1) is 10.1. The Hall–Kier alpha value is -1.32. The molecule has 112 valence electrons. The Kier molecular flexibility index (Phi) is 5.83. The Bertz CT molecular complexity index is 598. The third-order valence-corrected chi connectivity index (χ3v) is 4.15. The number of halogens is 1. The predicted molar refractivity (Wildman–Crippen MR) is 92.1 cm³/mol. The lowest BCUT2D eigenvalue weighted by Gasteiger charge is -2.16. The number of aryl methyl sites for hydroxylation is 1. The summed E-state index contributed by atoms with van der Waals surface area (Å²) in [6.45, 7) is 7.43. The normalized spacial score (nSPS) is 12.2. The van der Waals surface area contributed by atoms with Gasteiger partial charge in [0.15, 0.2) is 0 Å². The Labute approximate surface area is 135 Å². The first-order valence-electron chi connectivity index (χ1n) is 7.38. The van der Waals surface area contributed by atoms with Crippen molar-refractivity contribution in [3.63, 3.8) is 0 Å². The van der Waals surface area contributed by atoms with Crippen molar-refractivity contribution < 1.29 is 4.74 Å². The molecule has 0 aliphatic rings. The molecule has 0 saturated heterocycles. The summed E-state index contributed by atoms with van der Waals surface area (Å²) in [6.07, 6.45) is 1.14. The lowest BCUT2D eigenvalue weighted by molar-refractivity contribution is 0.477. The number of hydrogen-bond acceptors (Lipinski definition) is 2. The van der Waals surface area contributed by atoms with E-state index >= 15 is 0 Å². The zero-order valence-corrected chi connectivity index (χ0v) is 14.4. The highest BCUT2D eigenvalue weighted by molar-refractivity contribution is 9.10. The third kappa shape index (κ3) is 4.32. The van der Waals surface area contributed by atoms with Crippen LogP contribution < -0.4 is 10.1 Å². The van der Waals surface area contributed by atoms with Gasteiger partial charge in [-0.3, -0.25) is 0 Å². The summed E-state index contributed by atoms with van der Waals surface area (Å²) in [5.74, 6) is 1.75. The summed E-state index contributed by atoms with van der Waals surface area (Å²) < 4.78 is 7.03. The van der Waals surface area contributed by atoms with Gasteiger partial charge in [-0.25, -0.2) is 0 Å². The third-order valence-electron chi connectivity index (χ3n) is 3.46.